The Hall–Kier alpha value is -1.02. The minimum absolute atomic E-state index is 0.427. The lowest BCUT2D eigenvalue weighted by Crippen LogP contribution is -2.15. The van der Waals surface area contributed by atoms with Gasteiger partial charge < -0.3 is 9.84 Å². The molecule has 0 heterocycles. The van der Waals surface area contributed by atoms with Crippen molar-refractivity contribution in [3.63, 3.8) is 0 Å². The predicted octanol–water partition coefficient (Wildman–Crippen LogP) is 2.62. The molecule has 1 aliphatic rings. The van der Waals surface area contributed by atoms with Crippen molar-refractivity contribution >= 4 is 0 Å². The second-order valence-electron chi connectivity index (χ2n) is 4.32. The quantitative estimate of drug-likeness (QED) is 0.802. The van der Waals surface area contributed by atoms with Crippen molar-refractivity contribution in [2.24, 2.45) is 5.92 Å². The zero-order valence-electron chi connectivity index (χ0n) is 9.15. The van der Waals surface area contributed by atoms with E-state index in [0.717, 1.165) is 25.0 Å². The molecular formula is C13H18O2. The van der Waals surface area contributed by atoms with Crippen LogP contribution in [-0.4, -0.2) is 17.3 Å². The van der Waals surface area contributed by atoms with Crippen LogP contribution in [0.3, 0.4) is 0 Å². The van der Waals surface area contributed by atoms with E-state index in [0.29, 0.717) is 12.5 Å². The van der Waals surface area contributed by atoms with Crippen molar-refractivity contribution in [2.45, 2.75) is 31.8 Å². The molecule has 82 valence electrons. The van der Waals surface area contributed by atoms with Crippen LogP contribution in [0.25, 0.3) is 0 Å². The molecule has 0 radical (unpaired) electrons. The summed E-state index contributed by atoms with van der Waals surface area (Å²) >= 11 is 0. The molecule has 0 amide bonds. The lowest BCUT2D eigenvalue weighted by molar-refractivity contribution is 0.0998. The highest BCUT2D eigenvalue weighted by molar-refractivity contribution is 5.20. The lowest BCUT2D eigenvalue weighted by atomic mass is 10.1. The maximum atomic E-state index is 9.99. The fraction of sp³-hybridized carbons (Fsp3) is 0.538. The molecule has 1 N–H and O–H groups in total. The molecule has 2 unspecified atom stereocenters. The van der Waals surface area contributed by atoms with Gasteiger partial charge in [0.1, 0.15) is 5.75 Å². The summed E-state index contributed by atoms with van der Waals surface area (Å²) in [6.07, 6.45) is 2.77. The Kier molecular flexibility index (Phi) is 2.96. The molecule has 2 rings (SSSR count). The number of rotatable bonds is 5. The Balaban J connectivity index is 1.72. The van der Waals surface area contributed by atoms with Gasteiger partial charge in [-0.3, -0.25) is 0 Å². The Morgan fingerprint density at radius 3 is 2.73 bits per heavy atom. The van der Waals surface area contributed by atoms with Crippen LogP contribution in [0.1, 0.15) is 26.2 Å². The molecule has 2 atom stereocenters. The number of hydrogen-bond donors (Lipinski definition) is 1. The van der Waals surface area contributed by atoms with Crippen LogP contribution in [0.2, 0.25) is 0 Å². The minimum Gasteiger partial charge on any atom is -0.493 e. The van der Waals surface area contributed by atoms with Gasteiger partial charge in [0.05, 0.1) is 12.2 Å². The van der Waals surface area contributed by atoms with Crippen molar-refractivity contribution in [3.8, 4) is 5.75 Å². The Labute approximate surface area is 90.9 Å². The van der Waals surface area contributed by atoms with Gasteiger partial charge in [0, 0.05) is 6.42 Å². The average molecular weight is 206 g/mol. The van der Waals surface area contributed by atoms with Crippen LogP contribution in [0.4, 0.5) is 0 Å². The highest BCUT2D eigenvalue weighted by atomic mass is 16.5. The first-order valence-corrected chi connectivity index (χ1v) is 5.65. The fourth-order valence-electron chi connectivity index (χ4n) is 2.06. The van der Waals surface area contributed by atoms with Gasteiger partial charge >= 0.3 is 0 Å². The summed E-state index contributed by atoms with van der Waals surface area (Å²) in [7, 11) is 0. The fourth-order valence-corrected chi connectivity index (χ4v) is 2.06. The number of benzene rings is 1. The van der Waals surface area contributed by atoms with Crippen LogP contribution >= 0.6 is 0 Å². The second kappa shape index (κ2) is 4.23. The summed E-state index contributed by atoms with van der Waals surface area (Å²) in [5.74, 6) is 1.38. The largest absolute Gasteiger partial charge is 0.493 e. The predicted molar refractivity (Wildman–Crippen MR) is 59.9 cm³/mol. The van der Waals surface area contributed by atoms with E-state index in [2.05, 4.69) is 6.92 Å². The third kappa shape index (κ3) is 2.51. The number of aliphatic hydroxyl groups is 1. The summed E-state index contributed by atoms with van der Waals surface area (Å²) in [6, 6.07) is 9.75. The molecule has 1 aromatic rings. The Morgan fingerprint density at radius 2 is 2.13 bits per heavy atom. The van der Waals surface area contributed by atoms with E-state index >= 15 is 0 Å². The van der Waals surface area contributed by atoms with Crippen molar-refractivity contribution in [3.05, 3.63) is 30.3 Å². The van der Waals surface area contributed by atoms with Gasteiger partial charge in [-0.05, 0) is 24.5 Å². The molecule has 1 saturated carbocycles. The Morgan fingerprint density at radius 1 is 1.40 bits per heavy atom. The van der Waals surface area contributed by atoms with E-state index in [1.165, 1.54) is 0 Å². The van der Waals surface area contributed by atoms with Crippen molar-refractivity contribution in [2.75, 3.05) is 6.61 Å². The topological polar surface area (TPSA) is 29.5 Å². The molecule has 0 bridgehead atoms. The van der Waals surface area contributed by atoms with Gasteiger partial charge in [0.2, 0.25) is 0 Å². The van der Waals surface area contributed by atoms with Gasteiger partial charge in [0.25, 0.3) is 0 Å². The van der Waals surface area contributed by atoms with Crippen molar-refractivity contribution in [1.29, 1.82) is 0 Å². The summed E-state index contributed by atoms with van der Waals surface area (Å²) < 4.78 is 5.55. The normalized spacial score (nSPS) is 28.8. The first-order valence-electron chi connectivity index (χ1n) is 5.65. The van der Waals surface area contributed by atoms with Gasteiger partial charge in [0.15, 0.2) is 0 Å². The molecular weight excluding hydrogens is 188 g/mol. The summed E-state index contributed by atoms with van der Waals surface area (Å²) in [5, 5.41) is 9.99. The third-order valence-corrected chi connectivity index (χ3v) is 3.24. The number of ether oxygens (including phenoxy) is 1. The van der Waals surface area contributed by atoms with E-state index in [1.807, 2.05) is 30.3 Å². The molecule has 1 aromatic carbocycles. The maximum Gasteiger partial charge on any atom is 0.119 e. The molecule has 1 fully saturated rings. The highest BCUT2D eigenvalue weighted by Crippen LogP contribution is 2.48. The van der Waals surface area contributed by atoms with Crippen LogP contribution < -0.4 is 4.74 Å². The molecule has 1 aliphatic carbocycles. The van der Waals surface area contributed by atoms with Gasteiger partial charge in [-0.2, -0.15) is 0 Å². The molecule has 0 spiro atoms. The van der Waals surface area contributed by atoms with E-state index in [4.69, 9.17) is 4.74 Å². The molecule has 0 saturated heterocycles. The monoisotopic (exact) mass is 206 g/mol. The van der Waals surface area contributed by atoms with Crippen molar-refractivity contribution < 1.29 is 9.84 Å². The summed E-state index contributed by atoms with van der Waals surface area (Å²) in [5.41, 5.74) is -0.427. The average Bonchev–Trinajstić information content (AvgIpc) is 2.91. The van der Waals surface area contributed by atoms with E-state index in [-0.39, 0.29) is 0 Å². The van der Waals surface area contributed by atoms with E-state index in [9.17, 15) is 5.11 Å². The van der Waals surface area contributed by atoms with Gasteiger partial charge in [-0.25, -0.2) is 0 Å². The number of hydrogen-bond acceptors (Lipinski definition) is 2. The first kappa shape index (κ1) is 10.5. The second-order valence-corrected chi connectivity index (χ2v) is 4.32. The van der Waals surface area contributed by atoms with Crippen LogP contribution in [-0.2, 0) is 0 Å². The van der Waals surface area contributed by atoms with Gasteiger partial charge in [-0.15, -0.1) is 0 Å². The standard InChI is InChI=1S/C13H18O2/c1-2-11-10-13(11,14)8-9-15-12-6-4-3-5-7-12/h3-7,11,14H,2,8-10H2,1H3. The molecule has 0 aliphatic heterocycles. The van der Waals surface area contributed by atoms with Crippen molar-refractivity contribution in [1.82, 2.24) is 0 Å². The third-order valence-electron chi connectivity index (χ3n) is 3.24. The molecule has 2 heteroatoms. The van der Waals surface area contributed by atoms with E-state index < -0.39 is 5.60 Å². The maximum absolute atomic E-state index is 9.99. The summed E-state index contributed by atoms with van der Waals surface area (Å²) in [6.45, 7) is 2.73. The molecule has 2 nitrogen and oxygen atoms in total. The highest BCUT2D eigenvalue weighted by Gasteiger charge is 2.50. The zero-order chi connectivity index (χ0) is 10.7. The SMILES string of the molecule is CCC1CC1(O)CCOc1ccccc1. The van der Waals surface area contributed by atoms with Crippen LogP contribution in [0.5, 0.6) is 5.75 Å². The van der Waals surface area contributed by atoms with E-state index in [1.54, 1.807) is 0 Å². The van der Waals surface area contributed by atoms with Crippen LogP contribution in [0, 0.1) is 5.92 Å². The van der Waals surface area contributed by atoms with Gasteiger partial charge in [-0.1, -0.05) is 31.5 Å². The minimum atomic E-state index is -0.427. The number of para-hydroxylation sites is 1. The first-order chi connectivity index (χ1) is 7.24. The zero-order valence-corrected chi connectivity index (χ0v) is 9.15. The summed E-state index contributed by atoms with van der Waals surface area (Å²) in [4.78, 5) is 0. The van der Waals surface area contributed by atoms with Crippen LogP contribution in [0.15, 0.2) is 30.3 Å². The molecule has 15 heavy (non-hydrogen) atoms. The smallest absolute Gasteiger partial charge is 0.119 e. The molecule has 0 aromatic heterocycles. The Bertz CT molecular complexity index is 310. The lowest BCUT2D eigenvalue weighted by Gasteiger charge is -2.10.